The van der Waals surface area contributed by atoms with Crippen LogP contribution in [0, 0.1) is 5.82 Å². The van der Waals surface area contributed by atoms with Gasteiger partial charge in [0.2, 0.25) is 11.8 Å². The summed E-state index contributed by atoms with van der Waals surface area (Å²) in [7, 11) is 1.63. The van der Waals surface area contributed by atoms with E-state index >= 15 is 0 Å². The second-order valence-corrected chi connectivity index (χ2v) is 20.7. The molecule has 17 heteroatoms. The summed E-state index contributed by atoms with van der Waals surface area (Å²) in [5.41, 5.74) is 6.08. The van der Waals surface area contributed by atoms with Gasteiger partial charge in [-0.15, -0.1) is 0 Å². The molecule has 0 bridgehead atoms. The number of amides is 3. The Morgan fingerprint density at radius 3 is 2.23 bits per heavy atom. The lowest BCUT2D eigenvalue weighted by molar-refractivity contribution is -0.122. The van der Waals surface area contributed by atoms with Crippen LogP contribution in [0.1, 0.15) is 63.9 Å². The van der Waals surface area contributed by atoms with Gasteiger partial charge in [0, 0.05) is 75.4 Å². The summed E-state index contributed by atoms with van der Waals surface area (Å²) < 4.78 is 48.8. The lowest BCUT2D eigenvalue weighted by atomic mass is 9.91. The molecule has 5 aromatic rings. The zero-order valence-corrected chi connectivity index (χ0v) is 44.5. The van der Waals surface area contributed by atoms with Crippen molar-refractivity contribution in [2.45, 2.75) is 83.5 Å². The smallest absolute Gasteiger partial charge is 0.410 e. The van der Waals surface area contributed by atoms with Crippen LogP contribution in [0.3, 0.4) is 0 Å². The van der Waals surface area contributed by atoms with Gasteiger partial charge in [0.1, 0.15) is 23.8 Å². The maximum Gasteiger partial charge on any atom is 0.410 e. The van der Waals surface area contributed by atoms with Gasteiger partial charge in [-0.2, -0.15) is 0 Å². The summed E-state index contributed by atoms with van der Waals surface area (Å²) >= 11 is 0. The van der Waals surface area contributed by atoms with Gasteiger partial charge in [-0.25, -0.2) is 9.18 Å². The van der Waals surface area contributed by atoms with E-state index in [9.17, 15) is 18.8 Å². The van der Waals surface area contributed by atoms with Crippen LogP contribution < -0.4 is 20.3 Å². The van der Waals surface area contributed by atoms with E-state index in [2.05, 4.69) is 40.4 Å². The third kappa shape index (κ3) is 16.6. The number of rotatable bonds is 25. The number of methoxy groups -OCH3 is 1. The van der Waals surface area contributed by atoms with Crippen molar-refractivity contribution in [2.75, 3.05) is 103 Å². The minimum atomic E-state index is -0.624. The number of carbonyl (C=O) groups excluding carboxylic acids is 3. The molecule has 0 spiro atoms. The number of hydrogen-bond donors (Lipinski definition) is 2. The number of nitrogens with zero attached hydrogens (tertiary/aromatic N) is 5. The number of para-hydroxylation sites is 1. The average molecular weight is 1030 g/mol. The van der Waals surface area contributed by atoms with Crippen molar-refractivity contribution < 1.29 is 47.2 Å². The fourth-order valence-electron chi connectivity index (χ4n) is 9.33. The number of aromatic nitrogens is 2. The largest absolute Gasteiger partial charge is 0.491 e. The van der Waals surface area contributed by atoms with Crippen LogP contribution in [-0.2, 0) is 51.5 Å². The van der Waals surface area contributed by atoms with Gasteiger partial charge in [-0.1, -0.05) is 56.3 Å². The molecule has 0 saturated carbocycles. The summed E-state index contributed by atoms with van der Waals surface area (Å²) in [5, 5.41) is 6.26. The number of halogens is 1. The highest BCUT2D eigenvalue weighted by Crippen LogP contribution is 2.40. The van der Waals surface area contributed by atoms with Gasteiger partial charge in [0.05, 0.1) is 76.3 Å². The van der Waals surface area contributed by atoms with Crippen molar-refractivity contribution in [1.82, 2.24) is 25.1 Å². The molecule has 2 aliphatic rings. The molecule has 402 valence electrons. The molecule has 2 aromatic heterocycles. The Balaban J connectivity index is 0.808. The molecule has 16 nitrogen and oxygen atoms in total. The van der Waals surface area contributed by atoms with Crippen LogP contribution in [0.2, 0.25) is 0 Å². The first-order chi connectivity index (χ1) is 36.1. The highest BCUT2D eigenvalue weighted by molar-refractivity contribution is 5.97. The zero-order chi connectivity index (χ0) is 53.4. The minimum absolute atomic E-state index is 0.0273. The van der Waals surface area contributed by atoms with Gasteiger partial charge in [-0.05, 0) is 110 Å². The SMILES string of the molecule is COC[C@H]1CN(C(=O)OC(C)(C)C)[C@H](C)CN1CC(=O)N1CC(C)(C)c2ncc(Cc3ccccc3OCCOCCOCCOCCN[C@H](Cc3cccc(F)c3)C(=O)Nc3ccc(-c4ccncc4)cc3)cc21. The van der Waals surface area contributed by atoms with Crippen molar-refractivity contribution >= 4 is 29.3 Å². The Morgan fingerprint density at radius 1 is 0.827 bits per heavy atom. The van der Waals surface area contributed by atoms with Crippen LogP contribution in [0.25, 0.3) is 11.1 Å². The van der Waals surface area contributed by atoms with Crippen LogP contribution >= 0.6 is 0 Å². The average Bonchev–Trinajstić information content (AvgIpc) is 3.65. The quantitative estimate of drug-likeness (QED) is 0.0547. The number of fused-ring (bicyclic) bond motifs is 1. The Hall–Kier alpha value is -6.34. The van der Waals surface area contributed by atoms with E-state index < -0.39 is 11.6 Å². The van der Waals surface area contributed by atoms with E-state index in [0.717, 1.165) is 39.4 Å². The number of nitrogens with one attached hydrogen (secondary N) is 2. The topological polar surface area (TPSA) is 166 Å². The summed E-state index contributed by atoms with van der Waals surface area (Å²) in [6.07, 6.45) is 5.86. The lowest BCUT2D eigenvalue weighted by Gasteiger charge is -2.45. The molecule has 2 aliphatic heterocycles. The van der Waals surface area contributed by atoms with E-state index in [-0.39, 0.29) is 47.8 Å². The van der Waals surface area contributed by atoms with E-state index in [0.29, 0.717) is 103 Å². The van der Waals surface area contributed by atoms with Crippen LogP contribution in [-0.4, -0.2) is 154 Å². The first kappa shape index (κ1) is 56.4. The second-order valence-electron chi connectivity index (χ2n) is 20.7. The minimum Gasteiger partial charge on any atom is -0.491 e. The Labute approximate surface area is 441 Å². The molecule has 7 rings (SSSR count). The Bertz CT molecular complexity index is 2630. The third-order valence-corrected chi connectivity index (χ3v) is 13.0. The van der Waals surface area contributed by atoms with Crippen LogP contribution in [0.15, 0.2) is 110 Å². The molecule has 0 radical (unpaired) electrons. The van der Waals surface area contributed by atoms with Crippen molar-refractivity contribution in [2.24, 2.45) is 0 Å². The van der Waals surface area contributed by atoms with E-state index in [1.54, 1.807) is 36.5 Å². The van der Waals surface area contributed by atoms with Gasteiger partial charge in [0.25, 0.3) is 0 Å². The van der Waals surface area contributed by atoms with Crippen molar-refractivity contribution in [3.63, 3.8) is 0 Å². The van der Waals surface area contributed by atoms with Crippen LogP contribution in [0.5, 0.6) is 5.75 Å². The molecule has 2 N–H and O–H groups in total. The summed E-state index contributed by atoms with van der Waals surface area (Å²) in [6.45, 7) is 16.7. The molecule has 3 aromatic carbocycles. The molecule has 3 amide bonds. The number of carbonyl (C=O) groups is 3. The maximum atomic E-state index is 14.2. The van der Waals surface area contributed by atoms with Gasteiger partial charge >= 0.3 is 6.09 Å². The number of pyridine rings is 2. The van der Waals surface area contributed by atoms with E-state index in [1.165, 1.54) is 12.1 Å². The first-order valence-corrected chi connectivity index (χ1v) is 25.8. The molecule has 1 saturated heterocycles. The fourth-order valence-corrected chi connectivity index (χ4v) is 9.33. The van der Waals surface area contributed by atoms with Crippen molar-refractivity contribution in [3.05, 3.63) is 138 Å². The number of piperazine rings is 1. The van der Waals surface area contributed by atoms with Crippen molar-refractivity contribution in [3.8, 4) is 16.9 Å². The molecule has 0 unspecified atom stereocenters. The molecule has 0 aliphatic carbocycles. The fraction of sp³-hybridized carbons (Fsp3) is 0.466. The van der Waals surface area contributed by atoms with Crippen molar-refractivity contribution in [1.29, 1.82) is 0 Å². The molecular weight excluding hydrogens is 958 g/mol. The predicted octanol–water partition coefficient (Wildman–Crippen LogP) is 7.72. The summed E-state index contributed by atoms with van der Waals surface area (Å²) in [5.74, 6) is 0.130. The lowest BCUT2D eigenvalue weighted by Crippen LogP contribution is -2.62. The number of anilines is 2. The van der Waals surface area contributed by atoms with Gasteiger partial charge in [-0.3, -0.25) is 24.5 Å². The van der Waals surface area contributed by atoms with Crippen LogP contribution in [0.4, 0.5) is 20.6 Å². The monoisotopic (exact) mass is 1030 g/mol. The molecular formula is C58H74FN7O9. The maximum absolute atomic E-state index is 14.2. The van der Waals surface area contributed by atoms with E-state index in [1.807, 2.05) is 99.5 Å². The Morgan fingerprint density at radius 2 is 1.52 bits per heavy atom. The molecule has 4 heterocycles. The summed E-state index contributed by atoms with van der Waals surface area (Å²) in [4.78, 5) is 55.5. The molecule has 3 atom stereocenters. The zero-order valence-electron chi connectivity index (χ0n) is 44.5. The highest BCUT2D eigenvalue weighted by Gasteiger charge is 2.42. The normalized spacial score (nSPS) is 16.9. The summed E-state index contributed by atoms with van der Waals surface area (Å²) in [6, 6.07) is 26.7. The highest BCUT2D eigenvalue weighted by atomic mass is 19.1. The first-order valence-electron chi connectivity index (χ1n) is 25.8. The standard InChI is InChI=1S/C58H74FN7O9/c1-41-36-64(49(39-70-7)37-65(41)56(69)75-57(2,3)4)38-53(67)66-40-58(5,6)54-51(66)34-43(35-62-54)31-46-12-8-9-14-52(46)74-30-29-73-28-27-72-26-25-71-24-23-61-50(33-42-11-10-13-47(59)32-42)55(68)63-48-17-15-44(16-18-48)45-19-21-60-22-20-45/h8-22,32,34-35,41,49-50,61H,23-31,33,36-40H2,1-7H3,(H,63,68)/t41-,49-,50-/m1/s1. The van der Waals surface area contributed by atoms with E-state index in [4.69, 9.17) is 33.4 Å². The number of hydrogen-bond acceptors (Lipinski definition) is 13. The third-order valence-electron chi connectivity index (χ3n) is 13.0. The molecule has 75 heavy (non-hydrogen) atoms. The number of benzene rings is 3. The van der Waals surface area contributed by atoms with Gasteiger partial charge < -0.3 is 48.9 Å². The Kier molecular flexibility index (Phi) is 20.2. The van der Waals surface area contributed by atoms with Gasteiger partial charge in [0.15, 0.2) is 0 Å². The molecule has 1 fully saturated rings. The second kappa shape index (κ2) is 26.9. The predicted molar refractivity (Wildman–Crippen MR) is 287 cm³/mol. The number of ether oxygens (including phenoxy) is 6.